The number of rotatable bonds is 7. The molecule has 5 nitrogen and oxygen atoms in total. The van der Waals surface area contributed by atoms with Crippen LogP contribution in [0.5, 0.6) is 5.75 Å². The standard InChI is InChI=1S/C20H21F5N2O3S/c21-15-5-3-14(4-6-15)19(13-27-11-1-2-16(22)12-27)26-31(28,29)18-9-7-17(8-10-18)30-20(23,24)25/h3-10,16,19,26H,1-2,11-13H2/t16-,19-/m1/s1. The molecule has 31 heavy (non-hydrogen) atoms. The summed E-state index contributed by atoms with van der Waals surface area (Å²) in [7, 11) is -4.14. The van der Waals surface area contributed by atoms with Gasteiger partial charge in [-0.05, 0) is 61.3 Å². The maximum atomic E-state index is 13.8. The van der Waals surface area contributed by atoms with Crippen molar-refractivity contribution in [2.75, 3.05) is 19.6 Å². The van der Waals surface area contributed by atoms with E-state index in [1.807, 2.05) is 0 Å². The van der Waals surface area contributed by atoms with E-state index in [9.17, 15) is 30.4 Å². The average molecular weight is 464 g/mol. The van der Waals surface area contributed by atoms with Gasteiger partial charge in [0.05, 0.1) is 10.9 Å². The summed E-state index contributed by atoms with van der Waals surface area (Å²) in [6.45, 7) is 0.896. The fourth-order valence-electron chi connectivity index (χ4n) is 3.40. The molecule has 0 aromatic heterocycles. The first-order valence-corrected chi connectivity index (χ1v) is 11.0. The highest BCUT2D eigenvalue weighted by Crippen LogP contribution is 2.26. The Morgan fingerprint density at radius 3 is 2.32 bits per heavy atom. The van der Waals surface area contributed by atoms with Crippen LogP contribution in [0, 0.1) is 5.82 Å². The predicted octanol–water partition coefficient (Wildman–Crippen LogP) is 4.18. The number of nitrogens with one attached hydrogen (secondary N) is 1. The van der Waals surface area contributed by atoms with Crippen LogP contribution in [-0.4, -0.2) is 45.5 Å². The number of hydrogen-bond acceptors (Lipinski definition) is 4. The first kappa shape index (κ1) is 23.4. The highest BCUT2D eigenvalue weighted by Gasteiger charge is 2.31. The summed E-state index contributed by atoms with van der Waals surface area (Å²) in [6.07, 6.45) is -4.84. The Bertz CT molecular complexity index is 966. The molecule has 2 atom stereocenters. The summed E-state index contributed by atoms with van der Waals surface area (Å²) >= 11 is 0. The number of ether oxygens (including phenoxy) is 1. The quantitative estimate of drug-likeness (QED) is 0.625. The summed E-state index contributed by atoms with van der Waals surface area (Å²) in [5, 5.41) is 0. The van der Waals surface area contributed by atoms with E-state index in [0.29, 0.717) is 24.9 Å². The number of halogens is 5. The second-order valence-electron chi connectivity index (χ2n) is 7.24. The van der Waals surface area contributed by atoms with E-state index in [4.69, 9.17) is 0 Å². The SMILES string of the molecule is O=S(=O)(N[C@H](CN1CCC[C@@H](F)C1)c1ccc(F)cc1)c1ccc(OC(F)(F)F)cc1. The topological polar surface area (TPSA) is 58.6 Å². The largest absolute Gasteiger partial charge is 0.573 e. The molecule has 1 aliphatic heterocycles. The fraction of sp³-hybridized carbons (Fsp3) is 0.400. The molecule has 11 heteroatoms. The zero-order valence-corrected chi connectivity index (χ0v) is 17.1. The Morgan fingerprint density at radius 2 is 1.74 bits per heavy atom. The Labute approximate surface area is 176 Å². The molecule has 1 saturated heterocycles. The molecule has 2 aromatic carbocycles. The van der Waals surface area contributed by atoms with Crippen LogP contribution >= 0.6 is 0 Å². The van der Waals surface area contributed by atoms with Crippen molar-refractivity contribution in [1.29, 1.82) is 0 Å². The van der Waals surface area contributed by atoms with Gasteiger partial charge in [0, 0.05) is 13.1 Å². The molecule has 1 fully saturated rings. The van der Waals surface area contributed by atoms with Gasteiger partial charge in [-0.15, -0.1) is 13.2 Å². The van der Waals surface area contributed by atoms with E-state index in [1.54, 1.807) is 4.90 Å². The maximum absolute atomic E-state index is 13.8. The third-order valence-corrected chi connectivity index (χ3v) is 6.31. The zero-order chi connectivity index (χ0) is 22.6. The molecule has 0 aliphatic carbocycles. The van der Waals surface area contributed by atoms with Crippen LogP contribution in [0.2, 0.25) is 0 Å². The van der Waals surface area contributed by atoms with Gasteiger partial charge in [-0.25, -0.2) is 21.9 Å². The number of nitrogens with zero attached hydrogens (tertiary/aromatic N) is 1. The van der Waals surface area contributed by atoms with Crippen LogP contribution in [-0.2, 0) is 10.0 Å². The molecule has 0 amide bonds. The third-order valence-electron chi connectivity index (χ3n) is 4.83. The van der Waals surface area contributed by atoms with Crippen molar-refractivity contribution in [2.24, 2.45) is 0 Å². The van der Waals surface area contributed by atoms with E-state index < -0.39 is 40.2 Å². The molecular weight excluding hydrogens is 443 g/mol. The summed E-state index contributed by atoms with van der Waals surface area (Å²) in [5.41, 5.74) is 0.475. The van der Waals surface area contributed by atoms with E-state index >= 15 is 0 Å². The van der Waals surface area contributed by atoms with Crippen molar-refractivity contribution in [3.63, 3.8) is 0 Å². The Balaban J connectivity index is 1.80. The van der Waals surface area contributed by atoms with Crippen LogP contribution < -0.4 is 9.46 Å². The summed E-state index contributed by atoms with van der Waals surface area (Å²) in [5.74, 6) is -1.05. The zero-order valence-electron chi connectivity index (χ0n) is 16.3. The lowest BCUT2D eigenvalue weighted by molar-refractivity contribution is -0.274. The van der Waals surface area contributed by atoms with Gasteiger partial charge in [0.15, 0.2) is 0 Å². The minimum Gasteiger partial charge on any atom is -0.406 e. The minimum atomic E-state index is -4.89. The number of piperidine rings is 1. The van der Waals surface area contributed by atoms with E-state index in [0.717, 1.165) is 24.3 Å². The molecule has 170 valence electrons. The van der Waals surface area contributed by atoms with Crippen LogP contribution in [0.15, 0.2) is 53.4 Å². The molecule has 2 aromatic rings. The smallest absolute Gasteiger partial charge is 0.406 e. The monoisotopic (exact) mass is 464 g/mol. The van der Waals surface area contributed by atoms with Gasteiger partial charge in [0.25, 0.3) is 0 Å². The summed E-state index contributed by atoms with van der Waals surface area (Å²) in [6, 6.07) is 8.19. The van der Waals surface area contributed by atoms with Gasteiger partial charge < -0.3 is 4.74 Å². The molecule has 0 saturated carbocycles. The third kappa shape index (κ3) is 6.88. The molecule has 1 aliphatic rings. The number of sulfonamides is 1. The average Bonchev–Trinajstić information content (AvgIpc) is 2.67. The van der Waals surface area contributed by atoms with Crippen molar-refractivity contribution < 1.29 is 35.1 Å². The second kappa shape index (κ2) is 9.49. The molecule has 3 rings (SSSR count). The lowest BCUT2D eigenvalue weighted by Crippen LogP contribution is -2.43. The van der Waals surface area contributed by atoms with E-state index in [1.165, 1.54) is 24.3 Å². The number of hydrogen-bond donors (Lipinski definition) is 1. The summed E-state index contributed by atoms with van der Waals surface area (Å²) in [4.78, 5) is 1.52. The molecule has 1 N–H and O–H groups in total. The predicted molar refractivity (Wildman–Crippen MR) is 103 cm³/mol. The Morgan fingerprint density at radius 1 is 1.10 bits per heavy atom. The van der Waals surface area contributed by atoms with Gasteiger partial charge in [-0.1, -0.05) is 12.1 Å². The van der Waals surface area contributed by atoms with Gasteiger partial charge in [0.1, 0.15) is 17.7 Å². The molecule has 0 bridgehead atoms. The normalized spacial score (nSPS) is 19.2. The molecule has 0 spiro atoms. The van der Waals surface area contributed by atoms with Gasteiger partial charge in [-0.3, -0.25) is 4.90 Å². The fourth-order valence-corrected chi connectivity index (χ4v) is 4.62. The van der Waals surface area contributed by atoms with Gasteiger partial charge in [-0.2, -0.15) is 0 Å². The molecular formula is C20H21F5N2O3S. The molecule has 0 unspecified atom stereocenters. The lowest BCUT2D eigenvalue weighted by atomic mass is 10.0. The first-order valence-electron chi connectivity index (χ1n) is 9.52. The van der Waals surface area contributed by atoms with Crippen molar-refractivity contribution in [3.05, 3.63) is 59.9 Å². The number of alkyl halides is 4. The molecule has 1 heterocycles. The second-order valence-corrected chi connectivity index (χ2v) is 8.96. The first-order chi connectivity index (χ1) is 14.5. The van der Waals surface area contributed by atoms with Crippen molar-refractivity contribution >= 4 is 10.0 Å². The summed E-state index contributed by atoms with van der Waals surface area (Å²) < 4.78 is 95.9. The maximum Gasteiger partial charge on any atom is 0.573 e. The van der Waals surface area contributed by atoms with Crippen LogP contribution in [0.4, 0.5) is 22.0 Å². The Hall–Kier alpha value is -2.24. The highest BCUT2D eigenvalue weighted by atomic mass is 32.2. The lowest BCUT2D eigenvalue weighted by Gasteiger charge is -2.32. The highest BCUT2D eigenvalue weighted by molar-refractivity contribution is 7.89. The number of likely N-dealkylation sites (tertiary alicyclic amines) is 1. The van der Waals surface area contributed by atoms with Gasteiger partial charge >= 0.3 is 6.36 Å². The van der Waals surface area contributed by atoms with Crippen molar-refractivity contribution in [3.8, 4) is 5.75 Å². The number of benzene rings is 2. The minimum absolute atomic E-state index is 0.153. The van der Waals surface area contributed by atoms with Crippen molar-refractivity contribution in [1.82, 2.24) is 9.62 Å². The van der Waals surface area contributed by atoms with Crippen LogP contribution in [0.25, 0.3) is 0 Å². The van der Waals surface area contributed by atoms with E-state index in [2.05, 4.69) is 9.46 Å². The van der Waals surface area contributed by atoms with Crippen molar-refractivity contribution in [2.45, 2.75) is 36.3 Å². The van der Waals surface area contributed by atoms with Crippen LogP contribution in [0.3, 0.4) is 0 Å². The van der Waals surface area contributed by atoms with Gasteiger partial charge in [0.2, 0.25) is 10.0 Å². The molecule has 0 radical (unpaired) electrons. The van der Waals surface area contributed by atoms with E-state index in [-0.39, 0.29) is 18.0 Å². The van der Waals surface area contributed by atoms with Crippen LogP contribution in [0.1, 0.15) is 24.4 Å². The Kier molecular flexibility index (Phi) is 7.17.